The summed E-state index contributed by atoms with van der Waals surface area (Å²) in [4.78, 5) is 0. The third-order valence-corrected chi connectivity index (χ3v) is 4.75. The van der Waals surface area contributed by atoms with E-state index < -0.39 is 0 Å². The van der Waals surface area contributed by atoms with E-state index in [0.717, 1.165) is 17.8 Å². The highest BCUT2D eigenvalue weighted by Crippen LogP contribution is 2.42. The van der Waals surface area contributed by atoms with Crippen molar-refractivity contribution in [2.24, 2.45) is 17.8 Å². The molecule has 0 saturated heterocycles. The summed E-state index contributed by atoms with van der Waals surface area (Å²) in [5, 5.41) is 0. The zero-order valence-corrected chi connectivity index (χ0v) is 9.80. The Morgan fingerprint density at radius 3 is 2.14 bits per heavy atom. The van der Waals surface area contributed by atoms with Crippen LogP contribution >= 0.6 is 0 Å². The van der Waals surface area contributed by atoms with Crippen LogP contribution in [0.1, 0.15) is 71.1 Å². The molecule has 0 N–H and O–H groups in total. The van der Waals surface area contributed by atoms with Gasteiger partial charge in [0.1, 0.15) is 0 Å². The molecule has 0 nitrogen and oxygen atoms in total. The van der Waals surface area contributed by atoms with E-state index in [1.807, 2.05) is 0 Å². The predicted octanol–water partition coefficient (Wildman–Crippen LogP) is 4.78. The van der Waals surface area contributed by atoms with Crippen molar-refractivity contribution in [2.45, 2.75) is 71.1 Å². The lowest BCUT2D eigenvalue weighted by atomic mass is 9.67. The lowest BCUT2D eigenvalue weighted by molar-refractivity contribution is 0.125. The number of rotatable bonds is 2. The summed E-state index contributed by atoms with van der Waals surface area (Å²) in [5.41, 5.74) is 0. The molecular weight excluding hydrogens is 168 g/mol. The summed E-state index contributed by atoms with van der Waals surface area (Å²) in [6, 6.07) is 0. The molecule has 82 valence electrons. The minimum atomic E-state index is 1.09. The lowest BCUT2D eigenvalue weighted by Gasteiger charge is -2.38. The van der Waals surface area contributed by atoms with E-state index in [1.165, 1.54) is 44.9 Å². The van der Waals surface area contributed by atoms with Gasteiger partial charge in [0.15, 0.2) is 0 Å². The lowest BCUT2D eigenvalue weighted by Crippen LogP contribution is -2.28. The molecule has 0 aromatic heterocycles. The van der Waals surface area contributed by atoms with Crippen LogP contribution in [-0.4, -0.2) is 0 Å². The molecule has 2 aliphatic rings. The van der Waals surface area contributed by atoms with Crippen molar-refractivity contribution < 1.29 is 0 Å². The minimum Gasteiger partial charge on any atom is -0.0651 e. The average Bonchev–Trinajstić information content (AvgIpc) is 2.30. The Hall–Kier alpha value is 0. The van der Waals surface area contributed by atoms with Gasteiger partial charge in [0.25, 0.3) is 0 Å². The zero-order chi connectivity index (χ0) is 9.80. The summed E-state index contributed by atoms with van der Waals surface area (Å²) in [6.07, 6.45) is 15.3. The van der Waals surface area contributed by atoms with Crippen molar-refractivity contribution in [1.29, 1.82) is 0 Å². The maximum atomic E-state index is 2.41. The van der Waals surface area contributed by atoms with Crippen molar-refractivity contribution in [1.82, 2.24) is 0 Å². The smallest absolute Gasteiger partial charge is 0.0358 e. The highest BCUT2D eigenvalue weighted by molar-refractivity contribution is 4.82. The number of hydrogen-bond acceptors (Lipinski definition) is 0. The molecule has 0 unspecified atom stereocenters. The molecule has 2 saturated carbocycles. The Labute approximate surface area is 89.5 Å². The molecule has 0 heterocycles. The van der Waals surface area contributed by atoms with Crippen LogP contribution in [-0.2, 0) is 0 Å². The molecule has 0 aromatic carbocycles. The van der Waals surface area contributed by atoms with Gasteiger partial charge in [-0.05, 0) is 24.2 Å². The van der Waals surface area contributed by atoms with Crippen molar-refractivity contribution in [3.63, 3.8) is 0 Å². The Morgan fingerprint density at radius 2 is 1.43 bits per heavy atom. The Bertz CT molecular complexity index is 155. The topological polar surface area (TPSA) is 0 Å². The zero-order valence-electron chi connectivity index (χ0n) is 9.80. The monoisotopic (exact) mass is 194 g/mol. The highest BCUT2D eigenvalue weighted by Gasteiger charge is 2.31. The summed E-state index contributed by atoms with van der Waals surface area (Å²) >= 11 is 0. The molecule has 0 heteroatoms. The quantitative estimate of drug-likeness (QED) is 0.593. The highest BCUT2D eigenvalue weighted by atomic mass is 14.4. The van der Waals surface area contributed by atoms with Gasteiger partial charge in [0.05, 0.1) is 0 Å². The van der Waals surface area contributed by atoms with Crippen LogP contribution < -0.4 is 0 Å². The first kappa shape index (κ1) is 10.5. The van der Waals surface area contributed by atoms with E-state index in [2.05, 4.69) is 6.92 Å². The summed E-state index contributed by atoms with van der Waals surface area (Å²) < 4.78 is 0. The van der Waals surface area contributed by atoms with Gasteiger partial charge in [-0.3, -0.25) is 0 Å². The Balaban J connectivity index is 1.91. The van der Waals surface area contributed by atoms with Crippen LogP contribution in [0.15, 0.2) is 0 Å². The van der Waals surface area contributed by atoms with Crippen LogP contribution in [0.5, 0.6) is 0 Å². The fourth-order valence-electron chi connectivity index (χ4n) is 3.93. The molecule has 0 aliphatic heterocycles. The van der Waals surface area contributed by atoms with Gasteiger partial charge < -0.3 is 0 Å². The van der Waals surface area contributed by atoms with Crippen LogP contribution in [0.25, 0.3) is 0 Å². The maximum absolute atomic E-state index is 2.41. The van der Waals surface area contributed by atoms with E-state index >= 15 is 0 Å². The molecule has 0 spiro atoms. The molecule has 2 fully saturated rings. The van der Waals surface area contributed by atoms with Crippen LogP contribution in [0.3, 0.4) is 0 Å². The van der Waals surface area contributed by atoms with Crippen molar-refractivity contribution in [3.05, 3.63) is 0 Å². The molecule has 0 aromatic rings. The van der Waals surface area contributed by atoms with E-state index in [4.69, 9.17) is 0 Å². The van der Waals surface area contributed by atoms with Crippen molar-refractivity contribution in [3.8, 4) is 0 Å². The van der Waals surface area contributed by atoms with Gasteiger partial charge >= 0.3 is 0 Å². The van der Waals surface area contributed by atoms with Gasteiger partial charge in [0.2, 0.25) is 0 Å². The first-order valence-corrected chi connectivity index (χ1v) is 6.92. The fraction of sp³-hybridized carbons (Fsp3) is 1.00. The summed E-state index contributed by atoms with van der Waals surface area (Å²) in [6.45, 7) is 2.41. The summed E-state index contributed by atoms with van der Waals surface area (Å²) in [7, 11) is 0. The van der Waals surface area contributed by atoms with E-state index in [0.29, 0.717) is 0 Å². The third kappa shape index (κ3) is 2.32. The predicted molar refractivity (Wildman–Crippen MR) is 62.3 cm³/mol. The van der Waals surface area contributed by atoms with Gasteiger partial charge in [0, 0.05) is 0 Å². The molecular formula is C14H26. The van der Waals surface area contributed by atoms with Gasteiger partial charge in [-0.15, -0.1) is 0 Å². The second-order valence-corrected chi connectivity index (χ2v) is 5.51. The van der Waals surface area contributed by atoms with E-state index in [-0.39, 0.29) is 0 Å². The maximum Gasteiger partial charge on any atom is -0.0358 e. The first-order valence-electron chi connectivity index (χ1n) is 6.92. The van der Waals surface area contributed by atoms with Crippen LogP contribution in [0.2, 0.25) is 0 Å². The standard InChI is InChI=1S/C14H26/c1-2-12-8-6-7-11-14(12)13-9-4-3-5-10-13/h12-14H,2-11H2,1H3/t12-,14-/m0/s1. The van der Waals surface area contributed by atoms with E-state index in [9.17, 15) is 0 Å². The van der Waals surface area contributed by atoms with Gasteiger partial charge in [-0.1, -0.05) is 64.7 Å². The molecule has 2 rings (SSSR count). The molecule has 0 amide bonds. The first-order chi connectivity index (χ1) is 6.92. The summed E-state index contributed by atoms with van der Waals surface area (Å²) in [5.74, 6) is 3.33. The van der Waals surface area contributed by atoms with Gasteiger partial charge in [-0.2, -0.15) is 0 Å². The molecule has 2 atom stereocenters. The van der Waals surface area contributed by atoms with Crippen molar-refractivity contribution in [2.75, 3.05) is 0 Å². The third-order valence-electron chi connectivity index (χ3n) is 4.75. The van der Waals surface area contributed by atoms with Crippen LogP contribution in [0, 0.1) is 17.8 Å². The Morgan fingerprint density at radius 1 is 0.786 bits per heavy atom. The Kier molecular flexibility index (Phi) is 3.89. The van der Waals surface area contributed by atoms with E-state index in [1.54, 1.807) is 19.3 Å². The molecule has 0 bridgehead atoms. The minimum absolute atomic E-state index is 1.09. The second kappa shape index (κ2) is 5.19. The average molecular weight is 194 g/mol. The number of hydrogen-bond donors (Lipinski definition) is 0. The van der Waals surface area contributed by atoms with Gasteiger partial charge in [-0.25, -0.2) is 0 Å². The van der Waals surface area contributed by atoms with Crippen LogP contribution in [0.4, 0.5) is 0 Å². The largest absolute Gasteiger partial charge is 0.0651 e. The molecule has 14 heavy (non-hydrogen) atoms. The molecule has 2 aliphatic carbocycles. The SMILES string of the molecule is CC[C@H]1CCCC[C@@H]1C1CCCCC1. The normalized spacial score (nSPS) is 35.8. The van der Waals surface area contributed by atoms with Crippen molar-refractivity contribution >= 4 is 0 Å². The second-order valence-electron chi connectivity index (χ2n) is 5.51. The fourth-order valence-corrected chi connectivity index (χ4v) is 3.93. The molecule has 0 radical (unpaired) electrons.